The zero-order valence-corrected chi connectivity index (χ0v) is 11.7. The molecule has 3 aromatic rings. The summed E-state index contributed by atoms with van der Waals surface area (Å²) in [5, 5.41) is 13.0. The van der Waals surface area contributed by atoms with E-state index in [1.54, 1.807) is 30.3 Å². The third-order valence-electron chi connectivity index (χ3n) is 3.34. The van der Waals surface area contributed by atoms with E-state index < -0.39 is 6.55 Å². The van der Waals surface area contributed by atoms with E-state index in [4.69, 9.17) is 5.26 Å². The minimum absolute atomic E-state index is 0.339. The first-order chi connectivity index (χ1) is 11.1. The van der Waals surface area contributed by atoms with Gasteiger partial charge in [0.05, 0.1) is 17.3 Å². The van der Waals surface area contributed by atoms with Crippen molar-refractivity contribution in [1.82, 2.24) is 9.78 Å². The lowest BCUT2D eigenvalue weighted by atomic mass is 9.99. The van der Waals surface area contributed by atoms with Crippen molar-refractivity contribution in [2.75, 3.05) is 0 Å². The summed E-state index contributed by atoms with van der Waals surface area (Å²) in [7, 11) is 0. The molecule has 0 saturated heterocycles. The quantitative estimate of drug-likeness (QED) is 0.708. The molecular formula is C17H10F3N3. The molecule has 0 aliphatic heterocycles. The van der Waals surface area contributed by atoms with E-state index >= 15 is 0 Å². The number of benzene rings is 2. The number of hydrogen-bond acceptors (Lipinski definition) is 2. The topological polar surface area (TPSA) is 41.6 Å². The van der Waals surface area contributed by atoms with Gasteiger partial charge >= 0.3 is 6.55 Å². The molecule has 23 heavy (non-hydrogen) atoms. The fourth-order valence-electron chi connectivity index (χ4n) is 2.25. The molecule has 0 bridgehead atoms. The van der Waals surface area contributed by atoms with E-state index in [-0.39, 0.29) is 5.82 Å². The van der Waals surface area contributed by atoms with Gasteiger partial charge in [-0.25, -0.2) is 9.07 Å². The van der Waals surface area contributed by atoms with Gasteiger partial charge < -0.3 is 0 Å². The van der Waals surface area contributed by atoms with Crippen LogP contribution in [-0.2, 0) is 0 Å². The molecule has 6 heteroatoms. The second-order valence-electron chi connectivity index (χ2n) is 4.88. The Morgan fingerprint density at radius 1 is 0.957 bits per heavy atom. The highest BCUT2D eigenvalue weighted by Gasteiger charge is 2.11. The summed E-state index contributed by atoms with van der Waals surface area (Å²) in [4.78, 5) is 0. The first-order valence-electron chi connectivity index (χ1n) is 6.71. The van der Waals surface area contributed by atoms with Crippen LogP contribution in [0.5, 0.6) is 0 Å². The number of nitriles is 1. The van der Waals surface area contributed by atoms with Gasteiger partial charge in [-0.3, -0.25) is 0 Å². The monoisotopic (exact) mass is 313 g/mol. The number of rotatable bonds is 3. The molecule has 0 fully saturated rings. The van der Waals surface area contributed by atoms with Crippen LogP contribution in [-0.4, -0.2) is 9.78 Å². The standard InChI is InChI=1S/C17H10F3N3/c18-15-3-1-12(2-4-15)13-7-11(10-21)8-14(9-13)16-5-6-23(22-16)17(19)20/h1-9,17H. The largest absolute Gasteiger partial charge is 0.333 e. The van der Waals surface area contributed by atoms with E-state index in [9.17, 15) is 13.2 Å². The maximum Gasteiger partial charge on any atom is 0.333 e. The number of hydrogen-bond donors (Lipinski definition) is 0. The van der Waals surface area contributed by atoms with Gasteiger partial charge in [-0.2, -0.15) is 19.1 Å². The third-order valence-corrected chi connectivity index (χ3v) is 3.34. The van der Waals surface area contributed by atoms with Crippen LogP contribution < -0.4 is 0 Å². The van der Waals surface area contributed by atoms with Crippen LogP contribution in [0, 0.1) is 17.1 Å². The third kappa shape index (κ3) is 3.09. The lowest BCUT2D eigenvalue weighted by Crippen LogP contribution is -1.98. The molecule has 0 amide bonds. The van der Waals surface area contributed by atoms with Crippen LogP contribution in [0.25, 0.3) is 22.4 Å². The fourth-order valence-corrected chi connectivity index (χ4v) is 2.25. The number of aromatic nitrogens is 2. The van der Waals surface area contributed by atoms with Gasteiger partial charge in [0.15, 0.2) is 0 Å². The average Bonchev–Trinajstić information content (AvgIpc) is 3.05. The normalized spacial score (nSPS) is 10.7. The summed E-state index contributed by atoms with van der Waals surface area (Å²) in [6.45, 7) is -2.72. The van der Waals surface area contributed by atoms with Crippen LogP contribution in [0.4, 0.5) is 13.2 Å². The zero-order valence-electron chi connectivity index (χ0n) is 11.7. The van der Waals surface area contributed by atoms with Crippen LogP contribution in [0.1, 0.15) is 12.1 Å². The maximum absolute atomic E-state index is 13.0. The summed E-state index contributed by atoms with van der Waals surface area (Å²) < 4.78 is 38.9. The Labute approximate surface area is 130 Å². The van der Waals surface area contributed by atoms with Crippen molar-refractivity contribution in [2.45, 2.75) is 6.55 Å². The van der Waals surface area contributed by atoms with Gasteiger partial charge in [-0.1, -0.05) is 12.1 Å². The molecule has 0 aliphatic carbocycles. The predicted octanol–water partition coefficient (Wildman–Crippen LogP) is 4.62. The molecular weight excluding hydrogens is 303 g/mol. The Morgan fingerprint density at radius 3 is 2.26 bits per heavy atom. The second kappa shape index (κ2) is 5.97. The van der Waals surface area contributed by atoms with Crippen molar-refractivity contribution in [3.8, 4) is 28.5 Å². The van der Waals surface area contributed by atoms with Crippen molar-refractivity contribution in [1.29, 1.82) is 5.26 Å². The lowest BCUT2D eigenvalue weighted by molar-refractivity contribution is 0.0568. The molecule has 0 atom stereocenters. The fraction of sp³-hybridized carbons (Fsp3) is 0.0588. The SMILES string of the molecule is N#Cc1cc(-c2ccc(F)cc2)cc(-c2ccn(C(F)F)n2)c1. The van der Waals surface area contributed by atoms with E-state index in [1.807, 2.05) is 6.07 Å². The Balaban J connectivity index is 2.09. The highest BCUT2D eigenvalue weighted by atomic mass is 19.3. The molecule has 0 saturated carbocycles. The summed E-state index contributed by atoms with van der Waals surface area (Å²) >= 11 is 0. The molecule has 1 heterocycles. The minimum atomic E-state index is -2.72. The average molecular weight is 313 g/mol. The molecule has 0 spiro atoms. The first kappa shape index (κ1) is 14.9. The van der Waals surface area contributed by atoms with E-state index in [2.05, 4.69) is 5.10 Å². The second-order valence-corrected chi connectivity index (χ2v) is 4.88. The van der Waals surface area contributed by atoms with Crippen LogP contribution in [0.15, 0.2) is 54.7 Å². The Bertz CT molecular complexity index is 877. The van der Waals surface area contributed by atoms with Crippen molar-refractivity contribution < 1.29 is 13.2 Å². The lowest BCUT2D eigenvalue weighted by Gasteiger charge is -2.06. The van der Waals surface area contributed by atoms with Crippen molar-refractivity contribution in [3.63, 3.8) is 0 Å². The van der Waals surface area contributed by atoms with Crippen molar-refractivity contribution >= 4 is 0 Å². The number of nitrogens with zero attached hydrogens (tertiary/aromatic N) is 3. The number of alkyl halides is 2. The Kier molecular flexibility index (Phi) is 3.85. The maximum atomic E-state index is 13.0. The molecule has 0 unspecified atom stereocenters. The Morgan fingerprint density at radius 2 is 1.65 bits per heavy atom. The van der Waals surface area contributed by atoms with Crippen LogP contribution in [0.3, 0.4) is 0 Å². The Hall–Kier alpha value is -3.07. The van der Waals surface area contributed by atoms with E-state index in [1.165, 1.54) is 24.4 Å². The molecule has 114 valence electrons. The summed E-state index contributed by atoms with van der Waals surface area (Å²) in [5.41, 5.74) is 2.66. The summed E-state index contributed by atoms with van der Waals surface area (Å²) in [6.07, 6.45) is 1.18. The van der Waals surface area contributed by atoms with Gasteiger partial charge in [0.1, 0.15) is 5.82 Å². The molecule has 0 radical (unpaired) electrons. The molecule has 2 aromatic carbocycles. The summed E-state index contributed by atoms with van der Waals surface area (Å²) in [5.74, 6) is -0.360. The molecule has 1 aromatic heterocycles. The highest BCUT2D eigenvalue weighted by Crippen LogP contribution is 2.28. The molecule has 3 rings (SSSR count). The highest BCUT2D eigenvalue weighted by molar-refractivity contribution is 5.73. The molecule has 0 N–H and O–H groups in total. The first-order valence-corrected chi connectivity index (χ1v) is 6.71. The molecule has 3 nitrogen and oxygen atoms in total. The van der Waals surface area contributed by atoms with E-state index in [0.717, 1.165) is 5.56 Å². The number of halogens is 3. The molecule has 0 aliphatic rings. The van der Waals surface area contributed by atoms with Gasteiger partial charge in [-0.05, 0) is 47.5 Å². The zero-order chi connectivity index (χ0) is 16.4. The van der Waals surface area contributed by atoms with Gasteiger partial charge in [0.25, 0.3) is 0 Å². The summed E-state index contributed by atoms with van der Waals surface area (Å²) in [6, 6.07) is 14.3. The van der Waals surface area contributed by atoms with Gasteiger partial charge in [0.2, 0.25) is 0 Å². The van der Waals surface area contributed by atoms with Gasteiger partial charge in [0, 0.05) is 11.8 Å². The van der Waals surface area contributed by atoms with Crippen LogP contribution in [0.2, 0.25) is 0 Å². The predicted molar refractivity (Wildman–Crippen MR) is 79.0 cm³/mol. The van der Waals surface area contributed by atoms with Crippen molar-refractivity contribution in [2.24, 2.45) is 0 Å². The van der Waals surface area contributed by atoms with E-state index in [0.29, 0.717) is 27.1 Å². The minimum Gasteiger partial charge on any atom is -0.211 e. The van der Waals surface area contributed by atoms with Crippen molar-refractivity contribution in [3.05, 3.63) is 66.1 Å². The van der Waals surface area contributed by atoms with Gasteiger partial charge in [-0.15, -0.1) is 0 Å². The van der Waals surface area contributed by atoms with Crippen LogP contribution >= 0.6 is 0 Å². The smallest absolute Gasteiger partial charge is 0.211 e.